The van der Waals surface area contributed by atoms with Gasteiger partial charge in [-0.3, -0.25) is 9.80 Å². The average Bonchev–Trinajstić information content (AvgIpc) is 3.04. The number of fused-ring (bicyclic) bond motifs is 2. The molecule has 1 fully saturated rings. The summed E-state index contributed by atoms with van der Waals surface area (Å²) in [4.78, 5) is 17.5. The SMILES string of the molecule is C=CCN1CCC2(CC1)CN(C(=O)Nc1cccc(C#N)c1)c1ccc(C)cc12. The molecule has 0 radical (unpaired) electrons. The molecule has 2 amide bonds. The van der Waals surface area contributed by atoms with Gasteiger partial charge in [0.1, 0.15) is 0 Å². The maximum Gasteiger partial charge on any atom is 0.326 e. The Bertz CT molecular complexity index is 983. The first-order valence-corrected chi connectivity index (χ1v) is 10.1. The Kier molecular flexibility index (Phi) is 5.12. The van der Waals surface area contributed by atoms with E-state index >= 15 is 0 Å². The highest BCUT2D eigenvalue weighted by Gasteiger charge is 2.46. The minimum atomic E-state index is -0.143. The number of carbonyl (C=O) groups excluding carboxylic acids is 1. The number of piperidine rings is 1. The maximum atomic E-state index is 13.2. The fourth-order valence-corrected chi connectivity index (χ4v) is 4.60. The molecule has 148 valence electrons. The molecule has 2 aliphatic heterocycles. The Morgan fingerprint density at radius 3 is 2.79 bits per heavy atom. The zero-order valence-electron chi connectivity index (χ0n) is 16.8. The van der Waals surface area contributed by atoms with E-state index in [1.165, 1.54) is 11.1 Å². The molecule has 2 aromatic rings. The lowest BCUT2D eigenvalue weighted by molar-refractivity contribution is 0.180. The van der Waals surface area contributed by atoms with Crippen molar-refractivity contribution in [3.05, 3.63) is 71.8 Å². The minimum Gasteiger partial charge on any atom is -0.307 e. The van der Waals surface area contributed by atoms with Gasteiger partial charge < -0.3 is 5.32 Å². The summed E-state index contributed by atoms with van der Waals surface area (Å²) in [7, 11) is 0. The van der Waals surface area contributed by atoms with Crippen LogP contribution in [0, 0.1) is 18.3 Å². The second kappa shape index (κ2) is 7.73. The minimum absolute atomic E-state index is 0.00483. The molecule has 0 saturated carbocycles. The largest absolute Gasteiger partial charge is 0.326 e. The lowest BCUT2D eigenvalue weighted by Crippen LogP contribution is -2.46. The zero-order chi connectivity index (χ0) is 20.4. The predicted molar refractivity (Wildman–Crippen MR) is 116 cm³/mol. The smallest absolute Gasteiger partial charge is 0.307 e. The van der Waals surface area contributed by atoms with Crippen LogP contribution < -0.4 is 10.2 Å². The van der Waals surface area contributed by atoms with E-state index in [0.29, 0.717) is 17.8 Å². The second-order valence-electron chi connectivity index (χ2n) is 8.10. The number of rotatable bonds is 3. The summed E-state index contributed by atoms with van der Waals surface area (Å²) in [5.41, 5.74) is 4.69. The highest BCUT2D eigenvalue weighted by molar-refractivity contribution is 6.03. The highest BCUT2D eigenvalue weighted by atomic mass is 16.2. The van der Waals surface area contributed by atoms with Crippen LogP contribution in [-0.2, 0) is 5.41 Å². The summed E-state index contributed by atoms with van der Waals surface area (Å²) >= 11 is 0. The second-order valence-corrected chi connectivity index (χ2v) is 8.10. The van der Waals surface area contributed by atoms with Gasteiger partial charge in [-0.05, 0) is 62.7 Å². The van der Waals surface area contributed by atoms with Gasteiger partial charge in [0, 0.05) is 29.9 Å². The number of likely N-dealkylation sites (tertiary alicyclic amines) is 1. The normalized spacial score (nSPS) is 17.6. The molecule has 29 heavy (non-hydrogen) atoms. The number of hydrogen-bond donors (Lipinski definition) is 1. The van der Waals surface area contributed by atoms with E-state index in [0.717, 1.165) is 38.2 Å². The fourth-order valence-electron chi connectivity index (χ4n) is 4.60. The molecule has 0 atom stereocenters. The number of nitrogens with zero attached hydrogens (tertiary/aromatic N) is 3. The quantitative estimate of drug-likeness (QED) is 0.794. The van der Waals surface area contributed by atoms with Crippen molar-refractivity contribution in [2.75, 3.05) is 36.4 Å². The van der Waals surface area contributed by atoms with Crippen LogP contribution in [0.2, 0.25) is 0 Å². The Labute approximate surface area is 172 Å². The number of carbonyl (C=O) groups is 1. The van der Waals surface area contributed by atoms with Crippen molar-refractivity contribution in [2.45, 2.75) is 25.2 Å². The van der Waals surface area contributed by atoms with Crippen molar-refractivity contribution >= 4 is 17.4 Å². The standard InChI is InChI=1S/C24H26N4O/c1-3-11-27-12-9-24(10-13-27)17-28(22-8-7-18(2)14-21(22)24)23(29)26-20-6-4-5-19(15-20)16-25/h3-8,14-15H,1,9-13,17H2,2H3,(H,26,29). The molecule has 1 spiro atoms. The van der Waals surface area contributed by atoms with E-state index in [9.17, 15) is 4.79 Å². The molecule has 4 rings (SSSR count). The van der Waals surface area contributed by atoms with E-state index in [4.69, 9.17) is 5.26 Å². The van der Waals surface area contributed by atoms with Crippen LogP contribution in [0.3, 0.4) is 0 Å². The Hall–Kier alpha value is -3.10. The van der Waals surface area contributed by atoms with Crippen LogP contribution in [0.25, 0.3) is 0 Å². The van der Waals surface area contributed by atoms with Gasteiger partial charge in [-0.1, -0.05) is 29.8 Å². The van der Waals surface area contributed by atoms with Gasteiger partial charge in [-0.2, -0.15) is 5.26 Å². The summed E-state index contributed by atoms with van der Waals surface area (Å²) in [6.07, 6.45) is 4.02. The molecule has 2 heterocycles. The first-order valence-electron chi connectivity index (χ1n) is 10.1. The molecule has 0 aromatic heterocycles. The fraction of sp³-hybridized carbons (Fsp3) is 0.333. The highest BCUT2D eigenvalue weighted by Crippen LogP contribution is 2.47. The number of urea groups is 1. The molecule has 2 aromatic carbocycles. The van der Waals surface area contributed by atoms with Crippen molar-refractivity contribution in [2.24, 2.45) is 0 Å². The molecule has 5 nitrogen and oxygen atoms in total. The topological polar surface area (TPSA) is 59.4 Å². The Balaban J connectivity index is 1.60. The lowest BCUT2D eigenvalue weighted by Gasteiger charge is -2.39. The van der Waals surface area contributed by atoms with Gasteiger partial charge >= 0.3 is 6.03 Å². The van der Waals surface area contributed by atoms with Crippen LogP contribution in [0.4, 0.5) is 16.2 Å². The van der Waals surface area contributed by atoms with Crippen LogP contribution in [0.1, 0.15) is 29.5 Å². The number of anilines is 2. The van der Waals surface area contributed by atoms with Crippen molar-refractivity contribution in [3.8, 4) is 6.07 Å². The number of benzene rings is 2. The maximum absolute atomic E-state index is 13.2. The van der Waals surface area contributed by atoms with Crippen LogP contribution in [-0.4, -0.2) is 37.1 Å². The first-order chi connectivity index (χ1) is 14.0. The summed E-state index contributed by atoms with van der Waals surface area (Å²) in [6.45, 7) is 9.59. The summed E-state index contributed by atoms with van der Waals surface area (Å²) in [5, 5.41) is 12.1. The molecule has 2 aliphatic rings. The summed E-state index contributed by atoms with van der Waals surface area (Å²) in [5.74, 6) is 0. The molecule has 0 aliphatic carbocycles. The Morgan fingerprint density at radius 1 is 1.28 bits per heavy atom. The van der Waals surface area contributed by atoms with Crippen LogP contribution in [0.5, 0.6) is 0 Å². The number of aryl methyl sites for hydroxylation is 1. The molecule has 1 N–H and O–H groups in total. The number of amides is 2. The van der Waals surface area contributed by atoms with Gasteiger partial charge in [0.05, 0.1) is 11.6 Å². The van der Waals surface area contributed by atoms with Crippen molar-refractivity contribution in [3.63, 3.8) is 0 Å². The number of hydrogen-bond acceptors (Lipinski definition) is 3. The molecule has 5 heteroatoms. The number of nitriles is 1. The van der Waals surface area contributed by atoms with Crippen LogP contribution in [0.15, 0.2) is 55.1 Å². The van der Waals surface area contributed by atoms with Gasteiger partial charge in [-0.15, -0.1) is 6.58 Å². The van der Waals surface area contributed by atoms with E-state index < -0.39 is 0 Å². The summed E-state index contributed by atoms with van der Waals surface area (Å²) in [6, 6.07) is 15.4. The van der Waals surface area contributed by atoms with E-state index in [1.54, 1.807) is 18.2 Å². The molecular weight excluding hydrogens is 360 g/mol. The lowest BCUT2D eigenvalue weighted by atomic mass is 9.74. The third-order valence-corrected chi connectivity index (χ3v) is 6.16. The predicted octanol–water partition coefficient (Wildman–Crippen LogP) is 4.44. The van der Waals surface area contributed by atoms with Crippen molar-refractivity contribution in [1.82, 2.24) is 4.90 Å². The Morgan fingerprint density at radius 2 is 2.07 bits per heavy atom. The molecule has 1 saturated heterocycles. The van der Waals surface area contributed by atoms with Crippen LogP contribution >= 0.6 is 0 Å². The molecule has 0 bridgehead atoms. The van der Waals surface area contributed by atoms with E-state index in [2.05, 4.69) is 48.0 Å². The van der Waals surface area contributed by atoms with E-state index in [1.807, 2.05) is 17.0 Å². The average molecular weight is 386 g/mol. The molecular formula is C24H26N4O. The third-order valence-electron chi connectivity index (χ3n) is 6.16. The van der Waals surface area contributed by atoms with Crippen molar-refractivity contribution < 1.29 is 4.79 Å². The monoisotopic (exact) mass is 386 g/mol. The van der Waals surface area contributed by atoms with Gasteiger partial charge in [-0.25, -0.2) is 4.79 Å². The van der Waals surface area contributed by atoms with Gasteiger partial charge in [0.25, 0.3) is 0 Å². The molecule has 0 unspecified atom stereocenters. The van der Waals surface area contributed by atoms with E-state index in [-0.39, 0.29) is 11.4 Å². The first kappa shape index (κ1) is 19.2. The van der Waals surface area contributed by atoms with Crippen molar-refractivity contribution in [1.29, 1.82) is 5.26 Å². The zero-order valence-corrected chi connectivity index (χ0v) is 16.8. The number of nitrogens with one attached hydrogen (secondary N) is 1. The third kappa shape index (κ3) is 3.64. The van der Waals surface area contributed by atoms with Gasteiger partial charge in [0.2, 0.25) is 0 Å². The summed E-state index contributed by atoms with van der Waals surface area (Å²) < 4.78 is 0. The van der Waals surface area contributed by atoms with Gasteiger partial charge in [0.15, 0.2) is 0 Å².